The molecule has 0 unspecified atom stereocenters. The van der Waals surface area contributed by atoms with Crippen LogP contribution in [0.2, 0.25) is 5.02 Å². The van der Waals surface area contributed by atoms with Gasteiger partial charge in [0.05, 0.1) is 12.5 Å². The number of ether oxygens (including phenoxy) is 2. The average Bonchev–Trinajstić information content (AvgIpc) is 2.63. The van der Waals surface area contributed by atoms with Gasteiger partial charge in [-0.2, -0.15) is 0 Å². The summed E-state index contributed by atoms with van der Waals surface area (Å²) >= 11 is 5.98. The summed E-state index contributed by atoms with van der Waals surface area (Å²) < 4.78 is 15.5. The zero-order chi connectivity index (χ0) is 19.8. The lowest BCUT2D eigenvalue weighted by molar-refractivity contribution is 0.120. The highest BCUT2D eigenvalue weighted by molar-refractivity contribution is 6.31. The molecule has 0 radical (unpaired) electrons. The highest BCUT2D eigenvalue weighted by Crippen LogP contribution is 2.33. The van der Waals surface area contributed by atoms with Gasteiger partial charge >= 0.3 is 6.16 Å². The normalized spacial score (nSPS) is 11.4. The lowest BCUT2D eigenvalue weighted by atomic mass is 9.86. The molecule has 0 aliphatic rings. The standard InChI is InChI=1S/C21H19ClO5/c1-21(2,3)13-7-5-12(6-8-13)18-19(27-20(24)25-4)17(23)15-11-14(22)9-10-16(15)26-18/h5-11H,1-4H3. The molecule has 0 saturated carbocycles. The molecule has 6 heteroatoms. The van der Waals surface area contributed by atoms with E-state index >= 15 is 0 Å². The Morgan fingerprint density at radius 1 is 1.07 bits per heavy atom. The molecule has 27 heavy (non-hydrogen) atoms. The van der Waals surface area contributed by atoms with Gasteiger partial charge in [0, 0.05) is 10.6 Å². The number of carbonyl (C=O) groups excluding carboxylic acids is 1. The van der Waals surface area contributed by atoms with Crippen molar-refractivity contribution in [3.63, 3.8) is 0 Å². The Bertz CT molecular complexity index is 1060. The molecule has 3 rings (SSSR count). The number of methoxy groups -OCH3 is 1. The molecule has 3 aromatic rings. The monoisotopic (exact) mass is 386 g/mol. The summed E-state index contributed by atoms with van der Waals surface area (Å²) in [5, 5.41) is 0.595. The van der Waals surface area contributed by atoms with Gasteiger partial charge in [-0.25, -0.2) is 4.79 Å². The second kappa shape index (κ2) is 7.08. The van der Waals surface area contributed by atoms with E-state index in [1.807, 2.05) is 24.3 Å². The van der Waals surface area contributed by atoms with Crippen LogP contribution in [-0.4, -0.2) is 13.3 Å². The number of rotatable bonds is 2. The van der Waals surface area contributed by atoms with E-state index in [1.54, 1.807) is 12.1 Å². The van der Waals surface area contributed by atoms with Crippen molar-refractivity contribution >= 4 is 28.7 Å². The van der Waals surface area contributed by atoms with E-state index in [-0.39, 0.29) is 22.3 Å². The first-order valence-electron chi connectivity index (χ1n) is 8.34. The predicted molar refractivity (Wildman–Crippen MR) is 105 cm³/mol. The fourth-order valence-corrected chi connectivity index (χ4v) is 2.85. The molecule has 2 aromatic carbocycles. The second-order valence-corrected chi connectivity index (χ2v) is 7.55. The maximum absolute atomic E-state index is 12.9. The van der Waals surface area contributed by atoms with E-state index in [1.165, 1.54) is 13.2 Å². The third-order valence-corrected chi connectivity index (χ3v) is 4.41. The molecular formula is C21H19ClO5. The minimum absolute atomic E-state index is 0.0230. The molecule has 0 N–H and O–H groups in total. The number of hydrogen-bond acceptors (Lipinski definition) is 5. The largest absolute Gasteiger partial charge is 0.513 e. The van der Waals surface area contributed by atoms with Gasteiger partial charge in [-0.15, -0.1) is 0 Å². The average molecular weight is 387 g/mol. The van der Waals surface area contributed by atoms with Crippen LogP contribution in [0.25, 0.3) is 22.3 Å². The fraction of sp³-hybridized carbons (Fsp3) is 0.238. The van der Waals surface area contributed by atoms with Crippen LogP contribution < -0.4 is 10.2 Å². The zero-order valence-corrected chi connectivity index (χ0v) is 16.2. The van der Waals surface area contributed by atoms with Gasteiger partial charge in [0.15, 0.2) is 5.76 Å². The van der Waals surface area contributed by atoms with Crippen molar-refractivity contribution in [1.82, 2.24) is 0 Å². The first-order valence-corrected chi connectivity index (χ1v) is 8.71. The summed E-state index contributed by atoms with van der Waals surface area (Å²) in [6, 6.07) is 12.2. The third-order valence-electron chi connectivity index (χ3n) is 4.18. The van der Waals surface area contributed by atoms with Gasteiger partial charge in [-0.05, 0) is 29.2 Å². The summed E-state index contributed by atoms with van der Waals surface area (Å²) in [4.78, 5) is 24.6. The van der Waals surface area contributed by atoms with Gasteiger partial charge in [-0.3, -0.25) is 4.79 Å². The first-order chi connectivity index (χ1) is 12.7. The van der Waals surface area contributed by atoms with Crippen molar-refractivity contribution in [1.29, 1.82) is 0 Å². The molecule has 0 fully saturated rings. The maximum Gasteiger partial charge on any atom is 0.513 e. The maximum atomic E-state index is 12.9. The fourth-order valence-electron chi connectivity index (χ4n) is 2.68. The lowest BCUT2D eigenvalue weighted by Gasteiger charge is -2.19. The third kappa shape index (κ3) is 3.83. The molecule has 0 saturated heterocycles. The SMILES string of the molecule is COC(=O)Oc1c(-c2ccc(C(C)(C)C)cc2)oc2ccc(Cl)cc2c1=O. The van der Waals surface area contributed by atoms with Crippen LogP contribution in [0.1, 0.15) is 26.3 Å². The van der Waals surface area contributed by atoms with Gasteiger partial charge in [-0.1, -0.05) is 56.6 Å². The van der Waals surface area contributed by atoms with Crippen molar-refractivity contribution in [3.05, 3.63) is 63.3 Å². The van der Waals surface area contributed by atoms with Gasteiger partial charge in [0.1, 0.15) is 5.58 Å². The quantitative estimate of drug-likeness (QED) is 0.540. The molecule has 1 aromatic heterocycles. The van der Waals surface area contributed by atoms with Crippen LogP contribution in [0.4, 0.5) is 4.79 Å². The first kappa shape index (κ1) is 19.0. The lowest BCUT2D eigenvalue weighted by Crippen LogP contribution is -2.16. The minimum atomic E-state index is -1.00. The van der Waals surface area contributed by atoms with Crippen molar-refractivity contribution in [2.24, 2.45) is 0 Å². The number of benzene rings is 2. The summed E-state index contributed by atoms with van der Waals surface area (Å²) in [5.74, 6) is -0.0826. The summed E-state index contributed by atoms with van der Waals surface area (Å²) in [5.41, 5.74) is 1.55. The van der Waals surface area contributed by atoms with Crippen LogP contribution in [0, 0.1) is 0 Å². The van der Waals surface area contributed by atoms with Crippen LogP contribution >= 0.6 is 11.6 Å². The number of carbonyl (C=O) groups is 1. The second-order valence-electron chi connectivity index (χ2n) is 7.11. The Kier molecular flexibility index (Phi) is 4.98. The number of hydrogen-bond donors (Lipinski definition) is 0. The highest BCUT2D eigenvalue weighted by Gasteiger charge is 2.22. The van der Waals surface area contributed by atoms with Gasteiger partial charge in [0.2, 0.25) is 11.2 Å². The highest BCUT2D eigenvalue weighted by atomic mass is 35.5. The van der Waals surface area contributed by atoms with E-state index in [9.17, 15) is 9.59 Å². The van der Waals surface area contributed by atoms with E-state index in [2.05, 4.69) is 25.5 Å². The Hall–Kier alpha value is -2.79. The molecule has 0 spiro atoms. The van der Waals surface area contributed by atoms with Crippen molar-refractivity contribution in [2.45, 2.75) is 26.2 Å². The zero-order valence-electron chi connectivity index (χ0n) is 15.5. The smallest absolute Gasteiger partial charge is 0.452 e. The summed E-state index contributed by atoms with van der Waals surface area (Å²) in [6.45, 7) is 6.31. The molecule has 0 aliphatic carbocycles. The van der Waals surface area contributed by atoms with Gasteiger partial charge in [0.25, 0.3) is 0 Å². The van der Waals surface area contributed by atoms with Crippen molar-refractivity contribution in [3.8, 4) is 17.1 Å². The molecule has 1 heterocycles. The van der Waals surface area contributed by atoms with Crippen LogP contribution in [0.5, 0.6) is 5.75 Å². The topological polar surface area (TPSA) is 65.7 Å². The Morgan fingerprint density at radius 2 is 1.74 bits per heavy atom. The molecule has 0 bridgehead atoms. The van der Waals surface area contributed by atoms with Crippen molar-refractivity contribution < 1.29 is 18.7 Å². The summed E-state index contributed by atoms with van der Waals surface area (Å²) in [6.07, 6.45) is -1.00. The van der Waals surface area contributed by atoms with Gasteiger partial charge < -0.3 is 13.9 Å². The molecular weight excluding hydrogens is 368 g/mol. The molecule has 5 nitrogen and oxygen atoms in total. The molecule has 0 atom stereocenters. The van der Waals surface area contributed by atoms with Crippen LogP contribution in [0.3, 0.4) is 0 Å². The minimum Gasteiger partial charge on any atom is -0.452 e. The Labute approximate surface area is 161 Å². The van der Waals surface area contributed by atoms with E-state index in [0.717, 1.165) is 5.56 Å². The van der Waals surface area contributed by atoms with E-state index < -0.39 is 11.6 Å². The van der Waals surface area contributed by atoms with E-state index in [4.69, 9.17) is 20.8 Å². The van der Waals surface area contributed by atoms with Crippen LogP contribution in [-0.2, 0) is 10.2 Å². The number of fused-ring (bicyclic) bond motifs is 1. The molecule has 0 aliphatic heterocycles. The van der Waals surface area contributed by atoms with E-state index in [0.29, 0.717) is 16.2 Å². The Morgan fingerprint density at radius 3 is 2.33 bits per heavy atom. The Balaban J connectivity index is 2.24. The van der Waals surface area contributed by atoms with Crippen LogP contribution in [0.15, 0.2) is 51.7 Å². The predicted octanol–water partition coefficient (Wildman–Crippen LogP) is 5.56. The summed E-state index contributed by atoms with van der Waals surface area (Å²) in [7, 11) is 1.17. The molecule has 0 amide bonds. The van der Waals surface area contributed by atoms with Crippen molar-refractivity contribution in [2.75, 3.05) is 7.11 Å². The number of halogens is 1. The molecule has 140 valence electrons.